The van der Waals surface area contributed by atoms with Crippen LogP contribution in [0.1, 0.15) is 67.1 Å². The Bertz CT molecular complexity index is 1150. The van der Waals surface area contributed by atoms with E-state index >= 15 is 0 Å². The number of carbonyl (C=O) groups is 1. The lowest BCUT2D eigenvalue weighted by Crippen LogP contribution is -2.33. The molecule has 34 heavy (non-hydrogen) atoms. The lowest BCUT2D eigenvalue weighted by Gasteiger charge is -2.29. The Morgan fingerprint density at radius 2 is 1.91 bits per heavy atom. The molecule has 1 saturated carbocycles. The first-order valence-corrected chi connectivity index (χ1v) is 12.2. The minimum absolute atomic E-state index is 0. The number of hydrogen-bond acceptors (Lipinski definition) is 6. The maximum atomic E-state index is 13.2. The number of nitrogens with zero attached hydrogens (tertiary/aromatic N) is 3. The number of nitrogen functional groups attached to an aromatic ring is 1. The quantitative estimate of drug-likeness (QED) is 0.445. The van der Waals surface area contributed by atoms with Crippen LogP contribution in [0.3, 0.4) is 0 Å². The Morgan fingerprint density at radius 1 is 1.12 bits per heavy atom. The number of hydrogen-bond donors (Lipinski definition) is 2. The van der Waals surface area contributed by atoms with E-state index in [-0.39, 0.29) is 13.2 Å². The number of nitrogens with one attached hydrogen (secondary N) is 1. The van der Waals surface area contributed by atoms with Gasteiger partial charge in [0.25, 0.3) is 0 Å². The fourth-order valence-corrected chi connectivity index (χ4v) is 4.75. The van der Waals surface area contributed by atoms with Crippen molar-refractivity contribution >= 4 is 28.2 Å². The van der Waals surface area contributed by atoms with E-state index in [0.717, 1.165) is 53.0 Å². The molecule has 1 aliphatic heterocycles. The molecule has 6 nitrogen and oxygen atoms in total. The Kier molecular flexibility index (Phi) is 7.47. The summed E-state index contributed by atoms with van der Waals surface area (Å²) in [5.74, 6) is 2.66. The zero-order valence-corrected chi connectivity index (χ0v) is 19.4. The van der Waals surface area contributed by atoms with Crippen LogP contribution in [0.2, 0.25) is 0 Å². The van der Waals surface area contributed by atoms with E-state index in [9.17, 15) is 4.79 Å². The summed E-state index contributed by atoms with van der Waals surface area (Å²) in [4.78, 5) is 24.7. The van der Waals surface area contributed by atoms with Crippen LogP contribution in [0.4, 0.5) is 11.6 Å². The van der Waals surface area contributed by atoms with Gasteiger partial charge in [0.2, 0.25) is 0 Å². The van der Waals surface area contributed by atoms with Gasteiger partial charge in [-0.2, -0.15) is 0 Å². The molecule has 0 atom stereocenters. The molecular weight excluding hydrogens is 422 g/mol. The number of nitrogens with two attached hydrogens (primary N) is 1. The maximum absolute atomic E-state index is 13.2. The maximum Gasteiger partial charge on any atom is 0.166 e. The van der Waals surface area contributed by atoms with Crippen LogP contribution in [-0.4, -0.2) is 47.3 Å². The first-order chi connectivity index (χ1) is 16.1. The molecule has 1 aromatic carbocycles. The van der Waals surface area contributed by atoms with E-state index < -0.39 is 0 Å². The molecule has 3 heterocycles. The molecule has 5 rings (SSSR count). The van der Waals surface area contributed by atoms with Crippen LogP contribution in [0, 0.1) is 5.92 Å². The Hall–Kier alpha value is -2.99. The van der Waals surface area contributed by atoms with Gasteiger partial charge in [0.05, 0.1) is 5.56 Å². The topological polar surface area (TPSA) is 84.1 Å². The van der Waals surface area contributed by atoms with Crippen LogP contribution >= 0.6 is 0 Å². The van der Waals surface area contributed by atoms with Crippen molar-refractivity contribution in [1.29, 1.82) is 0 Å². The Balaban J connectivity index is 0.00000274. The predicted octanol–water partition coefficient (Wildman–Crippen LogP) is 5.29. The van der Waals surface area contributed by atoms with Gasteiger partial charge >= 0.3 is 0 Å². The van der Waals surface area contributed by atoms with E-state index in [4.69, 9.17) is 10.7 Å². The van der Waals surface area contributed by atoms with Crippen LogP contribution in [0.25, 0.3) is 10.8 Å². The molecule has 0 radical (unpaired) electrons. The van der Waals surface area contributed by atoms with Gasteiger partial charge in [-0.05, 0) is 87.3 Å². The minimum atomic E-state index is 0. The summed E-state index contributed by atoms with van der Waals surface area (Å²) >= 11 is 0. The lowest BCUT2D eigenvalue weighted by molar-refractivity contribution is 0.0983. The highest BCUT2D eigenvalue weighted by Crippen LogP contribution is 2.39. The van der Waals surface area contributed by atoms with Crippen LogP contribution in [0.15, 0.2) is 42.6 Å². The van der Waals surface area contributed by atoms with Gasteiger partial charge in [-0.3, -0.25) is 4.79 Å². The van der Waals surface area contributed by atoms with E-state index in [2.05, 4.69) is 34.4 Å². The molecule has 6 heteroatoms. The van der Waals surface area contributed by atoms with Crippen LogP contribution in [-0.2, 0) is 6.42 Å². The predicted molar refractivity (Wildman–Crippen MR) is 140 cm³/mol. The molecule has 3 aromatic rings. The molecule has 0 spiro atoms. The SMILES string of the molecule is C.CN1CCC(CNc2nc(C3CC3)ccc2C(=O)CCc2ccc3c(N)nccc3c2)CC1. The molecule has 1 aliphatic carbocycles. The van der Waals surface area contributed by atoms with Crippen LogP contribution < -0.4 is 11.1 Å². The smallest absolute Gasteiger partial charge is 0.166 e. The second-order valence-corrected chi connectivity index (χ2v) is 9.71. The van der Waals surface area contributed by atoms with Crippen molar-refractivity contribution in [2.24, 2.45) is 5.92 Å². The highest BCUT2D eigenvalue weighted by Gasteiger charge is 2.27. The molecule has 180 valence electrons. The zero-order valence-electron chi connectivity index (χ0n) is 19.4. The Morgan fingerprint density at radius 3 is 2.68 bits per heavy atom. The number of rotatable bonds is 8. The highest BCUT2D eigenvalue weighted by molar-refractivity contribution is 6.00. The average molecular weight is 460 g/mol. The summed E-state index contributed by atoms with van der Waals surface area (Å²) in [5, 5.41) is 5.57. The Labute approximate surface area is 203 Å². The first kappa shape index (κ1) is 24.1. The van der Waals surface area contributed by atoms with Gasteiger partial charge in [-0.15, -0.1) is 0 Å². The lowest BCUT2D eigenvalue weighted by atomic mass is 9.97. The van der Waals surface area contributed by atoms with E-state index in [1.165, 1.54) is 25.7 Å². The van der Waals surface area contributed by atoms with Gasteiger partial charge in [-0.25, -0.2) is 9.97 Å². The molecule has 2 aromatic heterocycles. The molecule has 0 unspecified atom stereocenters. The van der Waals surface area contributed by atoms with Crippen molar-refractivity contribution in [3.63, 3.8) is 0 Å². The van der Waals surface area contributed by atoms with E-state index in [1.54, 1.807) is 6.20 Å². The van der Waals surface area contributed by atoms with Crippen LogP contribution in [0.5, 0.6) is 0 Å². The first-order valence-electron chi connectivity index (χ1n) is 12.2. The number of aryl methyl sites for hydroxylation is 1. The van der Waals surface area contributed by atoms with Gasteiger partial charge in [-0.1, -0.05) is 25.6 Å². The number of fused-ring (bicyclic) bond motifs is 1. The molecule has 3 N–H and O–H groups in total. The third-order valence-electron chi connectivity index (χ3n) is 7.11. The fraction of sp³-hybridized carbons (Fsp3) is 0.464. The molecular formula is C28H37N5O. The average Bonchev–Trinajstić information content (AvgIpc) is 3.68. The molecule has 2 fully saturated rings. The summed E-state index contributed by atoms with van der Waals surface area (Å²) < 4.78 is 0. The third-order valence-corrected chi connectivity index (χ3v) is 7.11. The fourth-order valence-electron chi connectivity index (χ4n) is 4.75. The third kappa shape index (κ3) is 5.55. The van der Waals surface area contributed by atoms with E-state index in [0.29, 0.717) is 30.5 Å². The number of anilines is 2. The number of likely N-dealkylation sites (tertiary alicyclic amines) is 1. The van der Waals surface area contributed by atoms with Gasteiger partial charge in [0.1, 0.15) is 11.6 Å². The largest absolute Gasteiger partial charge is 0.383 e. The summed E-state index contributed by atoms with van der Waals surface area (Å²) in [7, 11) is 2.18. The van der Waals surface area contributed by atoms with E-state index in [1.807, 2.05) is 24.3 Å². The van der Waals surface area contributed by atoms with Crippen molar-refractivity contribution in [3.8, 4) is 0 Å². The number of aromatic nitrogens is 2. The van der Waals surface area contributed by atoms with Crippen molar-refractivity contribution in [2.45, 2.75) is 51.9 Å². The molecule has 0 amide bonds. The standard InChI is InChI=1S/C27H33N5O.CH4/c1-32-14-11-19(12-15-32)17-30-27-23(7-8-24(31-27)20-4-5-20)25(33)9-3-18-2-6-22-21(16-18)10-13-29-26(22)28;/h2,6-8,10,13,16,19-20H,3-5,9,11-12,14-15,17H2,1H3,(H2,28,29)(H,30,31);1H4. The number of piperidine rings is 1. The van der Waals surface area contributed by atoms with Crippen molar-refractivity contribution in [3.05, 3.63) is 59.4 Å². The molecule has 2 aliphatic rings. The van der Waals surface area contributed by atoms with Gasteiger partial charge < -0.3 is 16.0 Å². The number of pyridine rings is 2. The summed E-state index contributed by atoms with van der Waals surface area (Å²) in [5.41, 5.74) is 8.94. The summed E-state index contributed by atoms with van der Waals surface area (Å²) in [6.45, 7) is 3.16. The van der Waals surface area contributed by atoms with Crippen molar-refractivity contribution in [1.82, 2.24) is 14.9 Å². The number of ketones is 1. The summed E-state index contributed by atoms with van der Waals surface area (Å²) in [6, 6.07) is 12.2. The van der Waals surface area contributed by atoms with Crippen molar-refractivity contribution < 1.29 is 4.79 Å². The monoisotopic (exact) mass is 459 g/mol. The number of Topliss-reactive ketones (excluding diaryl/α,β-unsaturated/α-hetero) is 1. The van der Waals surface area contributed by atoms with Gasteiger partial charge in [0.15, 0.2) is 5.78 Å². The number of carbonyl (C=O) groups excluding carboxylic acids is 1. The highest BCUT2D eigenvalue weighted by atomic mass is 16.1. The second kappa shape index (κ2) is 10.5. The number of benzene rings is 1. The molecule has 0 bridgehead atoms. The normalized spacial score (nSPS) is 16.9. The molecule has 1 saturated heterocycles. The van der Waals surface area contributed by atoms with Gasteiger partial charge in [0, 0.05) is 36.2 Å². The zero-order chi connectivity index (χ0) is 22.8. The second-order valence-electron chi connectivity index (χ2n) is 9.71. The van der Waals surface area contributed by atoms with Crippen molar-refractivity contribution in [2.75, 3.05) is 37.7 Å². The summed E-state index contributed by atoms with van der Waals surface area (Å²) in [6.07, 6.45) is 7.67. The minimum Gasteiger partial charge on any atom is -0.383 e.